The van der Waals surface area contributed by atoms with Crippen LogP contribution in [0.4, 0.5) is 0 Å². The van der Waals surface area contributed by atoms with Gasteiger partial charge < -0.3 is 14.6 Å². The third kappa shape index (κ3) is 0.858. The minimum absolute atomic E-state index is 0.134. The summed E-state index contributed by atoms with van der Waals surface area (Å²) in [6.07, 6.45) is 1.30. The Morgan fingerprint density at radius 3 is 2.79 bits per heavy atom. The smallest absolute Gasteiger partial charge is 0.161 e. The summed E-state index contributed by atoms with van der Waals surface area (Å²) in [7, 11) is 0. The molecule has 0 radical (unpaired) electrons. The highest BCUT2D eigenvalue weighted by atomic mass is 32.1. The number of fused-ring (bicyclic) bond motifs is 2. The van der Waals surface area contributed by atoms with E-state index < -0.39 is 0 Å². The fourth-order valence-electron chi connectivity index (χ4n) is 1.52. The third-order valence-corrected chi connectivity index (χ3v) is 3.16. The molecule has 3 aromatic rings. The van der Waals surface area contributed by atoms with Crippen LogP contribution in [0.5, 0.6) is 11.5 Å². The number of hydrogen-bond acceptors (Lipinski definition) is 4. The lowest BCUT2D eigenvalue weighted by molar-refractivity contribution is 0.464. The molecule has 2 aromatic heterocycles. The van der Waals surface area contributed by atoms with Crippen molar-refractivity contribution >= 4 is 32.4 Å². The van der Waals surface area contributed by atoms with Gasteiger partial charge in [0.15, 0.2) is 5.75 Å². The minimum Gasteiger partial charge on any atom is -0.506 e. The van der Waals surface area contributed by atoms with Gasteiger partial charge in [0.05, 0.1) is 5.39 Å². The van der Waals surface area contributed by atoms with E-state index in [1.165, 1.54) is 17.6 Å². The third-order valence-electron chi connectivity index (χ3n) is 2.23. The van der Waals surface area contributed by atoms with Crippen molar-refractivity contribution in [1.82, 2.24) is 0 Å². The normalized spacial score (nSPS) is 11.4. The first-order valence-electron chi connectivity index (χ1n) is 4.06. The van der Waals surface area contributed by atoms with Gasteiger partial charge >= 0.3 is 0 Å². The van der Waals surface area contributed by atoms with Crippen molar-refractivity contribution in [3.8, 4) is 11.5 Å². The number of hydrogen-bond donors (Lipinski definition) is 2. The standard InChI is InChI=1S/C10H6O3S/c11-7-3-13-9-1-6-8(12)4-14-10(6)2-5(7)9/h1-4,11-12H. The van der Waals surface area contributed by atoms with Crippen LogP contribution in [0.1, 0.15) is 0 Å². The van der Waals surface area contributed by atoms with Crippen LogP contribution in [0.3, 0.4) is 0 Å². The van der Waals surface area contributed by atoms with Gasteiger partial charge in [-0.15, -0.1) is 11.3 Å². The molecular weight excluding hydrogens is 200 g/mol. The Labute approximate surface area is 82.8 Å². The lowest BCUT2D eigenvalue weighted by Gasteiger charge is -1.91. The Morgan fingerprint density at radius 2 is 1.93 bits per heavy atom. The summed E-state index contributed by atoms with van der Waals surface area (Å²) >= 11 is 1.44. The summed E-state index contributed by atoms with van der Waals surface area (Å²) in [5.74, 6) is 0.387. The Balaban J connectivity index is 2.56. The van der Waals surface area contributed by atoms with E-state index in [1.54, 1.807) is 11.4 Å². The summed E-state index contributed by atoms with van der Waals surface area (Å²) in [6, 6.07) is 3.55. The van der Waals surface area contributed by atoms with Gasteiger partial charge in [0, 0.05) is 15.5 Å². The Morgan fingerprint density at radius 1 is 1.07 bits per heavy atom. The number of benzene rings is 1. The van der Waals surface area contributed by atoms with Crippen LogP contribution >= 0.6 is 11.3 Å². The van der Waals surface area contributed by atoms with Gasteiger partial charge in [-0.05, 0) is 12.1 Å². The van der Waals surface area contributed by atoms with E-state index in [0.29, 0.717) is 11.0 Å². The van der Waals surface area contributed by atoms with Crippen LogP contribution in [0.2, 0.25) is 0 Å². The van der Waals surface area contributed by atoms with Crippen molar-refractivity contribution in [2.75, 3.05) is 0 Å². The van der Waals surface area contributed by atoms with Gasteiger partial charge in [-0.3, -0.25) is 0 Å². The van der Waals surface area contributed by atoms with Crippen LogP contribution in [0.25, 0.3) is 21.1 Å². The van der Waals surface area contributed by atoms with Crippen LogP contribution in [-0.2, 0) is 0 Å². The van der Waals surface area contributed by atoms with Crippen molar-refractivity contribution in [3.63, 3.8) is 0 Å². The molecule has 0 saturated carbocycles. The lowest BCUT2D eigenvalue weighted by Crippen LogP contribution is -1.66. The van der Waals surface area contributed by atoms with E-state index in [0.717, 1.165) is 10.1 Å². The van der Waals surface area contributed by atoms with E-state index in [9.17, 15) is 10.2 Å². The molecule has 70 valence electrons. The number of aromatic hydroxyl groups is 2. The van der Waals surface area contributed by atoms with Crippen molar-refractivity contribution in [2.45, 2.75) is 0 Å². The highest BCUT2D eigenvalue weighted by molar-refractivity contribution is 7.17. The zero-order valence-electron chi connectivity index (χ0n) is 7.02. The minimum atomic E-state index is 0.134. The molecule has 0 aliphatic carbocycles. The van der Waals surface area contributed by atoms with E-state index in [-0.39, 0.29) is 11.5 Å². The molecule has 3 nitrogen and oxygen atoms in total. The molecule has 0 unspecified atom stereocenters. The Bertz CT molecular complexity index is 564. The monoisotopic (exact) mass is 206 g/mol. The maximum atomic E-state index is 9.48. The zero-order valence-corrected chi connectivity index (χ0v) is 7.84. The van der Waals surface area contributed by atoms with Gasteiger partial charge in [0.1, 0.15) is 17.6 Å². The van der Waals surface area contributed by atoms with Crippen LogP contribution in [0.15, 0.2) is 28.2 Å². The lowest BCUT2D eigenvalue weighted by atomic mass is 10.2. The first-order valence-corrected chi connectivity index (χ1v) is 4.94. The molecule has 1 aromatic carbocycles. The van der Waals surface area contributed by atoms with Crippen molar-refractivity contribution in [3.05, 3.63) is 23.8 Å². The molecule has 0 bridgehead atoms. The van der Waals surface area contributed by atoms with Gasteiger partial charge in [-0.2, -0.15) is 0 Å². The largest absolute Gasteiger partial charge is 0.506 e. The van der Waals surface area contributed by atoms with Crippen LogP contribution in [0, 0.1) is 0 Å². The van der Waals surface area contributed by atoms with Crippen LogP contribution < -0.4 is 0 Å². The molecule has 0 aliphatic heterocycles. The zero-order chi connectivity index (χ0) is 9.71. The van der Waals surface area contributed by atoms with Crippen molar-refractivity contribution in [2.24, 2.45) is 0 Å². The highest BCUT2D eigenvalue weighted by Crippen LogP contribution is 2.37. The quantitative estimate of drug-likeness (QED) is 0.594. The second-order valence-corrected chi connectivity index (χ2v) is 4.00. The van der Waals surface area contributed by atoms with E-state index in [1.807, 2.05) is 6.07 Å². The molecule has 0 amide bonds. The van der Waals surface area contributed by atoms with Gasteiger partial charge in [-0.25, -0.2) is 0 Å². The highest BCUT2D eigenvalue weighted by Gasteiger charge is 2.09. The maximum Gasteiger partial charge on any atom is 0.161 e. The number of thiophene rings is 1. The predicted molar refractivity (Wildman–Crippen MR) is 54.9 cm³/mol. The number of furan rings is 1. The fraction of sp³-hybridized carbons (Fsp3) is 0. The SMILES string of the molecule is Oc1coc2cc3c(O)csc3cc12. The van der Waals surface area contributed by atoms with E-state index in [2.05, 4.69) is 0 Å². The summed E-state index contributed by atoms with van der Waals surface area (Å²) in [4.78, 5) is 0. The Hall–Kier alpha value is -1.68. The molecule has 0 spiro atoms. The van der Waals surface area contributed by atoms with Gasteiger partial charge in [0.2, 0.25) is 0 Å². The summed E-state index contributed by atoms with van der Waals surface area (Å²) < 4.78 is 6.06. The molecule has 14 heavy (non-hydrogen) atoms. The van der Waals surface area contributed by atoms with Crippen LogP contribution in [-0.4, -0.2) is 10.2 Å². The molecular formula is C10H6O3S. The molecule has 0 fully saturated rings. The maximum absolute atomic E-state index is 9.48. The van der Waals surface area contributed by atoms with E-state index >= 15 is 0 Å². The first-order chi connectivity index (χ1) is 6.75. The molecule has 0 aliphatic rings. The Kier molecular flexibility index (Phi) is 1.33. The predicted octanol–water partition coefficient (Wildman–Crippen LogP) is 3.06. The molecule has 3 rings (SSSR count). The van der Waals surface area contributed by atoms with E-state index in [4.69, 9.17) is 4.42 Å². The molecule has 2 N–H and O–H groups in total. The summed E-state index contributed by atoms with van der Waals surface area (Å²) in [6.45, 7) is 0. The summed E-state index contributed by atoms with van der Waals surface area (Å²) in [5.41, 5.74) is 0.587. The summed E-state index contributed by atoms with van der Waals surface area (Å²) in [5, 5.41) is 22.0. The van der Waals surface area contributed by atoms with Crippen molar-refractivity contribution in [1.29, 1.82) is 0 Å². The molecule has 0 atom stereocenters. The molecule has 4 heteroatoms. The molecule has 2 heterocycles. The topological polar surface area (TPSA) is 53.6 Å². The second kappa shape index (κ2) is 2.42. The van der Waals surface area contributed by atoms with Gasteiger partial charge in [-0.1, -0.05) is 0 Å². The van der Waals surface area contributed by atoms with Gasteiger partial charge in [0.25, 0.3) is 0 Å². The molecule has 0 saturated heterocycles. The average Bonchev–Trinajstić information content (AvgIpc) is 2.71. The fourth-order valence-corrected chi connectivity index (χ4v) is 2.36. The average molecular weight is 206 g/mol. The number of rotatable bonds is 0. The second-order valence-electron chi connectivity index (χ2n) is 3.09. The first kappa shape index (κ1) is 7.70. The van der Waals surface area contributed by atoms with Crippen molar-refractivity contribution < 1.29 is 14.6 Å².